The SMILES string of the molecule is CCCC(c1ccccc1)N1CCCC(CNC)C1. The van der Waals surface area contributed by atoms with Crippen LogP contribution in [-0.4, -0.2) is 31.6 Å². The van der Waals surface area contributed by atoms with E-state index >= 15 is 0 Å². The van der Waals surface area contributed by atoms with E-state index in [1.165, 1.54) is 44.3 Å². The Morgan fingerprint density at radius 3 is 2.79 bits per heavy atom. The van der Waals surface area contributed by atoms with E-state index in [2.05, 4.69) is 54.5 Å². The van der Waals surface area contributed by atoms with Gasteiger partial charge in [0.25, 0.3) is 0 Å². The summed E-state index contributed by atoms with van der Waals surface area (Å²) in [5.41, 5.74) is 1.49. The number of piperidine rings is 1. The van der Waals surface area contributed by atoms with Crippen molar-refractivity contribution in [3.05, 3.63) is 35.9 Å². The average Bonchev–Trinajstić information content (AvgIpc) is 2.46. The minimum atomic E-state index is 0.617. The van der Waals surface area contributed by atoms with Gasteiger partial charge in [0.05, 0.1) is 0 Å². The number of nitrogens with one attached hydrogen (secondary N) is 1. The van der Waals surface area contributed by atoms with E-state index in [-0.39, 0.29) is 0 Å². The fourth-order valence-corrected chi connectivity index (χ4v) is 3.34. The van der Waals surface area contributed by atoms with Crippen LogP contribution in [0.3, 0.4) is 0 Å². The topological polar surface area (TPSA) is 15.3 Å². The Bertz CT molecular complexity index is 348. The Morgan fingerprint density at radius 2 is 2.11 bits per heavy atom. The second kappa shape index (κ2) is 7.66. The monoisotopic (exact) mass is 260 g/mol. The molecule has 1 aliphatic rings. The normalized spacial score (nSPS) is 22.3. The first-order valence-electron chi connectivity index (χ1n) is 7.78. The zero-order valence-corrected chi connectivity index (χ0v) is 12.4. The first-order valence-corrected chi connectivity index (χ1v) is 7.78. The molecule has 1 saturated heterocycles. The van der Waals surface area contributed by atoms with Crippen LogP contribution in [0.1, 0.15) is 44.2 Å². The van der Waals surface area contributed by atoms with Gasteiger partial charge in [-0.15, -0.1) is 0 Å². The van der Waals surface area contributed by atoms with E-state index in [1.54, 1.807) is 0 Å². The van der Waals surface area contributed by atoms with Crippen molar-refractivity contribution in [2.45, 2.75) is 38.6 Å². The van der Waals surface area contributed by atoms with Crippen molar-refractivity contribution in [1.82, 2.24) is 10.2 Å². The summed E-state index contributed by atoms with van der Waals surface area (Å²) in [6, 6.07) is 11.7. The molecule has 2 unspecified atom stereocenters. The molecule has 0 aliphatic carbocycles. The third-order valence-electron chi connectivity index (χ3n) is 4.23. The lowest BCUT2D eigenvalue weighted by molar-refractivity contribution is 0.116. The lowest BCUT2D eigenvalue weighted by Crippen LogP contribution is -2.41. The van der Waals surface area contributed by atoms with Gasteiger partial charge in [0.1, 0.15) is 0 Å². The van der Waals surface area contributed by atoms with Crippen molar-refractivity contribution in [2.24, 2.45) is 5.92 Å². The largest absolute Gasteiger partial charge is 0.319 e. The van der Waals surface area contributed by atoms with Crippen LogP contribution >= 0.6 is 0 Å². The van der Waals surface area contributed by atoms with Crippen LogP contribution in [-0.2, 0) is 0 Å². The molecule has 0 spiro atoms. The fourth-order valence-electron chi connectivity index (χ4n) is 3.34. The maximum absolute atomic E-state index is 3.34. The zero-order chi connectivity index (χ0) is 13.5. The van der Waals surface area contributed by atoms with Crippen molar-refractivity contribution in [3.63, 3.8) is 0 Å². The maximum atomic E-state index is 3.34. The lowest BCUT2D eigenvalue weighted by atomic mass is 9.93. The third-order valence-corrected chi connectivity index (χ3v) is 4.23. The highest BCUT2D eigenvalue weighted by molar-refractivity contribution is 5.19. The second-order valence-electron chi connectivity index (χ2n) is 5.78. The molecular formula is C17H28N2. The number of hydrogen-bond donors (Lipinski definition) is 1. The van der Waals surface area contributed by atoms with Crippen LogP contribution in [0.2, 0.25) is 0 Å². The quantitative estimate of drug-likeness (QED) is 0.842. The molecule has 2 heteroatoms. The summed E-state index contributed by atoms with van der Waals surface area (Å²) in [5.74, 6) is 0.821. The summed E-state index contributed by atoms with van der Waals surface area (Å²) in [7, 11) is 2.07. The van der Waals surface area contributed by atoms with Gasteiger partial charge in [-0.25, -0.2) is 0 Å². The number of hydrogen-bond acceptors (Lipinski definition) is 2. The molecule has 1 fully saturated rings. The number of rotatable bonds is 6. The van der Waals surface area contributed by atoms with Gasteiger partial charge in [0.15, 0.2) is 0 Å². The van der Waals surface area contributed by atoms with Crippen LogP contribution in [0.15, 0.2) is 30.3 Å². The molecule has 1 aromatic rings. The first kappa shape index (κ1) is 14.5. The van der Waals surface area contributed by atoms with Crippen LogP contribution in [0.25, 0.3) is 0 Å². The Hall–Kier alpha value is -0.860. The fraction of sp³-hybridized carbons (Fsp3) is 0.647. The van der Waals surface area contributed by atoms with Gasteiger partial charge in [-0.2, -0.15) is 0 Å². The highest BCUT2D eigenvalue weighted by Gasteiger charge is 2.25. The molecular weight excluding hydrogens is 232 g/mol. The van der Waals surface area contributed by atoms with Gasteiger partial charge in [0, 0.05) is 12.6 Å². The predicted molar refractivity (Wildman–Crippen MR) is 82.3 cm³/mol. The Labute approximate surface area is 118 Å². The molecule has 106 valence electrons. The molecule has 1 aromatic carbocycles. The number of benzene rings is 1. The minimum absolute atomic E-state index is 0.617. The number of likely N-dealkylation sites (tertiary alicyclic amines) is 1. The molecule has 2 nitrogen and oxygen atoms in total. The van der Waals surface area contributed by atoms with Gasteiger partial charge in [-0.1, -0.05) is 43.7 Å². The Morgan fingerprint density at radius 1 is 1.32 bits per heavy atom. The van der Waals surface area contributed by atoms with Crippen molar-refractivity contribution in [2.75, 3.05) is 26.7 Å². The highest BCUT2D eigenvalue weighted by Crippen LogP contribution is 2.30. The van der Waals surface area contributed by atoms with Gasteiger partial charge in [0.2, 0.25) is 0 Å². The summed E-state index contributed by atoms with van der Waals surface area (Å²) >= 11 is 0. The molecule has 19 heavy (non-hydrogen) atoms. The molecule has 2 atom stereocenters. The highest BCUT2D eigenvalue weighted by atomic mass is 15.2. The van der Waals surface area contributed by atoms with Gasteiger partial charge >= 0.3 is 0 Å². The first-order chi connectivity index (χ1) is 9.35. The summed E-state index contributed by atoms with van der Waals surface area (Å²) in [5, 5.41) is 3.34. The smallest absolute Gasteiger partial charge is 0.0348 e. The van der Waals surface area contributed by atoms with E-state index in [9.17, 15) is 0 Å². The van der Waals surface area contributed by atoms with Gasteiger partial charge in [-0.05, 0) is 50.9 Å². The summed E-state index contributed by atoms with van der Waals surface area (Å²) < 4.78 is 0. The van der Waals surface area contributed by atoms with E-state index in [0.29, 0.717) is 6.04 Å². The second-order valence-corrected chi connectivity index (χ2v) is 5.78. The van der Waals surface area contributed by atoms with Crippen molar-refractivity contribution >= 4 is 0 Å². The molecule has 0 bridgehead atoms. The number of nitrogens with zero attached hydrogens (tertiary/aromatic N) is 1. The van der Waals surface area contributed by atoms with E-state index in [4.69, 9.17) is 0 Å². The zero-order valence-electron chi connectivity index (χ0n) is 12.4. The van der Waals surface area contributed by atoms with E-state index < -0.39 is 0 Å². The van der Waals surface area contributed by atoms with Crippen molar-refractivity contribution in [3.8, 4) is 0 Å². The summed E-state index contributed by atoms with van der Waals surface area (Å²) in [6.07, 6.45) is 5.26. The van der Waals surface area contributed by atoms with Crippen LogP contribution < -0.4 is 5.32 Å². The average molecular weight is 260 g/mol. The molecule has 2 rings (SSSR count). The van der Waals surface area contributed by atoms with Gasteiger partial charge in [-0.3, -0.25) is 4.90 Å². The lowest BCUT2D eigenvalue weighted by Gasteiger charge is -2.38. The van der Waals surface area contributed by atoms with Crippen LogP contribution in [0, 0.1) is 5.92 Å². The van der Waals surface area contributed by atoms with Crippen molar-refractivity contribution in [1.29, 1.82) is 0 Å². The van der Waals surface area contributed by atoms with Crippen molar-refractivity contribution < 1.29 is 0 Å². The maximum Gasteiger partial charge on any atom is 0.0348 e. The predicted octanol–water partition coefficient (Wildman–Crippen LogP) is 3.46. The minimum Gasteiger partial charge on any atom is -0.319 e. The third kappa shape index (κ3) is 4.05. The van der Waals surface area contributed by atoms with Gasteiger partial charge < -0.3 is 5.32 Å². The van der Waals surface area contributed by atoms with E-state index in [0.717, 1.165) is 12.5 Å². The standard InChI is InChI=1S/C17H28N2/c1-3-8-17(16-10-5-4-6-11-16)19-12-7-9-15(14-19)13-18-2/h4-6,10-11,15,17-18H,3,7-9,12-14H2,1-2H3. The molecule has 0 saturated carbocycles. The molecule has 1 heterocycles. The molecule has 0 amide bonds. The molecule has 0 aromatic heterocycles. The van der Waals surface area contributed by atoms with Crippen LogP contribution in [0.5, 0.6) is 0 Å². The molecule has 0 radical (unpaired) electrons. The van der Waals surface area contributed by atoms with Crippen LogP contribution in [0.4, 0.5) is 0 Å². The summed E-state index contributed by atoms with van der Waals surface area (Å²) in [4.78, 5) is 2.71. The van der Waals surface area contributed by atoms with E-state index in [1.807, 2.05) is 0 Å². The Kier molecular flexibility index (Phi) is 5.87. The summed E-state index contributed by atoms with van der Waals surface area (Å²) in [6.45, 7) is 5.97. The molecule has 1 N–H and O–H groups in total. The molecule has 1 aliphatic heterocycles. The Balaban J connectivity index is 2.06.